The summed E-state index contributed by atoms with van der Waals surface area (Å²) in [5, 5.41) is 3.47. The molecular formula is C17H24BrClF2N2. The summed E-state index contributed by atoms with van der Waals surface area (Å²) < 4.78 is 27.9. The summed E-state index contributed by atoms with van der Waals surface area (Å²) in [6, 6.07) is 9.02. The van der Waals surface area contributed by atoms with Crippen molar-refractivity contribution in [1.82, 2.24) is 10.2 Å². The molecule has 0 radical (unpaired) electrons. The number of nitrogens with one attached hydrogen (secondary N) is 1. The van der Waals surface area contributed by atoms with Crippen molar-refractivity contribution in [3.05, 3.63) is 34.3 Å². The van der Waals surface area contributed by atoms with E-state index < -0.39 is 5.92 Å². The number of benzene rings is 1. The zero-order chi connectivity index (χ0) is 15.9. The molecule has 1 saturated heterocycles. The Hall–Kier alpha value is -0.230. The molecule has 1 aliphatic heterocycles. The van der Waals surface area contributed by atoms with E-state index in [0.29, 0.717) is 12.1 Å². The molecular weight excluding hydrogens is 386 g/mol. The molecule has 1 N–H and O–H groups in total. The number of hydrogen-bond acceptors (Lipinski definition) is 2. The molecule has 1 aliphatic carbocycles. The molecule has 0 aromatic heterocycles. The highest BCUT2D eigenvalue weighted by Crippen LogP contribution is 2.50. The zero-order valence-corrected chi connectivity index (χ0v) is 15.8. The van der Waals surface area contributed by atoms with Crippen LogP contribution in [0.25, 0.3) is 0 Å². The number of nitrogens with zero attached hydrogens (tertiary/aromatic N) is 1. The molecule has 3 rings (SSSR count). The van der Waals surface area contributed by atoms with E-state index in [1.807, 2.05) is 12.1 Å². The van der Waals surface area contributed by atoms with Crippen molar-refractivity contribution in [3.8, 4) is 0 Å². The molecule has 130 valence electrons. The summed E-state index contributed by atoms with van der Waals surface area (Å²) in [5.41, 5.74) is 1.16. The van der Waals surface area contributed by atoms with Crippen molar-refractivity contribution >= 4 is 28.3 Å². The minimum atomic E-state index is -2.47. The zero-order valence-electron chi connectivity index (χ0n) is 13.4. The lowest BCUT2D eigenvalue weighted by molar-refractivity contribution is -0.137. The van der Waals surface area contributed by atoms with Crippen LogP contribution in [0.15, 0.2) is 28.7 Å². The Kier molecular flexibility index (Phi) is 6.10. The summed E-state index contributed by atoms with van der Waals surface area (Å²) in [6.45, 7) is 6.16. The maximum Gasteiger partial charge on any atom is 0.248 e. The van der Waals surface area contributed by atoms with Gasteiger partial charge in [0.15, 0.2) is 0 Å². The van der Waals surface area contributed by atoms with Crippen LogP contribution in [-0.4, -0.2) is 36.0 Å². The minimum Gasteiger partial charge on any atom is -0.311 e. The normalized spacial score (nSPS) is 29.4. The van der Waals surface area contributed by atoms with E-state index in [1.165, 1.54) is 0 Å². The van der Waals surface area contributed by atoms with Gasteiger partial charge in [-0.1, -0.05) is 28.1 Å². The first kappa shape index (κ1) is 19.1. The fraction of sp³-hybridized carbons (Fsp3) is 0.647. The van der Waals surface area contributed by atoms with Crippen LogP contribution in [0.2, 0.25) is 0 Å². The Labute approximate surface area is 151 Å². The van der Waals surface area contributed by atoms with Gasteiger partial charge in [-0.15, -0.1) is 12.4 Å². The van der Waals surface area contributed by atoms with Crippen molar-refractivity contribution < 1.29 is 8.78 Å². The largest absolute Gasteiger partial charge is 0.311 e. The molecule has 1 unspecified atom stereocenters. The van der Waals surface area contributed by atoms with Gasteiger partial charge in [0, 0.05) is 48.5 Å². The molecule has 0 bridgehead atoms. The topological polar surface area (TPSA) is 15.3 Å². The van der Waals surface area contributed by atoms with Crippen LogP contribution >= 0.6 is 28.3 Å². The van der Waals surface area contributed by atoms with Crippen molar-refractivity contribution in [2.45, 2.75) is 50.7 Å². The molecule has 0 spiro atoms. The number of hydrogen-bond donors (Lipinski definition) is 1. The Bertz CT molecular complexity index is 518. The molecule has 1 heterocycles. The van der Waals surface area contributed by atoms with E-state index in [0.717, 1.165) is 23.1 Å². The first-order chi connectivity index (χ1) is 10.4. The third kappa shape index (κ3) is 4.25. The van der Waals surface area contributed by atoms with Crippen LogP contribution in [0.3, 0.4) is 0 Å². The van der Waals surface area contributed by atoms with Crippen LogP contribution in [0, 0.1) is 5.92 Å². The second-order valence-corrected chi connectivity index (χ2v) is 7.79. The van der Waals surface area contributed by atoms with Crippen LogP contribution < -0.4 is 5.32 Å². The van der Waals surface area contributed by atoms with Gasteiger partial charge < -0.3 is 5.32 Å². The van der Waals surface area contributed by atoms with Crippen molar-refractivity contribution in [3.63, 3.8) is 0 Å². The second-order valence-electron chi connectivity index (χ2n) is 6.88. The molecule has 0 amide bonds. The van der Waals surface area contributed by atoms with Crippen LogP contribution in [0.4, 0.5) is 8.78 Å². The van der Waals surface area contributed by atoms with Gasteiger partial charge in [-0.3, -0.25) is 4.90 Å². The summed E-state index contributed by atoms with van der Waals surface area (Å²) in [6.07, 6.45) is 0.0253. The van der Waals surface area contributed by atoms with Crippen molar-refractivity contribution in [2.75, 3.05) is 13.1 Å². The highest BCUT2D eigenvalue weighted by atomic mass is 79.9. The van der Waals surface area contributed by atoms with E-state index in [1.54, 1.807) is 0 Å². The first-order valence-electron chi connectivity index (χ1n) is 7.98. The average Bonchev–Trinajstić information content (AvgIpc) is 2.43. The summed E-state index contributed by atoms with van der Waals surface area (Å²) >= 11 is 3.45. The maximum absolute atomic E-state index is 13.4. The fourth-order valence-electron chi connectivity index (χ4n) is 3.76. The SMILES string of the molecule is C[C@@H]1CN[C@@H](C)CN1C(c1ccc(Br)cc1)C1CC(F)(F)C1.Cl. The van der Waals surface area contributed by atoms with Crippen molar-refractivity contribution in [1.29, 1.82) is 0 Å². The number of alkyl halides is 2. The van der Waals surface area contributed by atoms with Crippen molar-refractivity contribution in [2.24, 2.45) is 5.92 Å². The van der Waals surface area contributed by atoms with E-state index in [-0.39, 0.29) is 37.2 Å². The lowest BCUT2D eigenvalue weighted by atomic mass is 9.73. The van der Waals surface area contributed by atoms with Gasteiger partial charge in [0.25, 0.3) is 0 Å². The summed E-state index contributed by atoms with van der Waals surface area (Å²) in [5.74, 6) is -2.43. The summed E-state index contributed by atoms with van der Waals surface area (Å²) in [4.78, 5) is 2.42. The maximum atomic E-state index is 13.4. The minimum absolute atomic E-state index is 0. The molecule has 2 fully saturated rings. The van der Waals surface area contributed by atoms with Crippen LogP contribution in [0.5, 0.6) is 0 Å². The Balaban J connectivity index is 0.00000192. The third-order valence-electron chi connectivity index (χ3n) is 4.95. The standard InChI is InChI=1S/C17H23BrF2N2.ClH/c1-11-10-22(12(2)9-21-11)16(14-7-17(19,20)8-14)13-3-5-15(18)6-4-13;/h3-6,11-12,14,16,21H,7-10H2,1-2H3;1H/t11-,12+,16?;/m0./s1. The van der Waals surface area contributed by atoms with Gasteiger partial charge in [0.1, 0.15) is 0 Å². The van der Waals surface area contributed by atoms with Crippen LogP contribution in [0.1, 0.15) is 38.3 Å². The number of piperazine rings is 1. The average molecular weight is 410 g/mol. The molecule has 2 aliphatic rings. The van der Waals surface area contributed by atoms with Crippen LogP contribution in [-0.2, 0) is 0 Å². The third-order valence-corrected chi connectivity index (χ3v) is 5.48. The molecule has 1 aromatic rings. The van der Waals surface area contributed by atoms with Gasteiger partial charge >= 0.3 is 0 Å². The van der Waals surface area contributed by atoms with Gasteiger partial charge in [-0.25, -0.2) is 8.78 Å². The Morgan fingerprint density at radius 1 is 1.22 bits per heavy atom. The molecule has 6 heteroatoms. The highest BCUT2D eigenvalue weighted by molar-refractivity contribution is 9.10. The first-order valence-corrected chi connectivity index (χ1v) is 8.77. The van der Waals surface area contributed by atoms with Gasteiger partial charge in [0.05, 0.1) is 0 Å². The van der Waals surface area contributed by atoms with E-state index in [9.17, 15) is 8.78 Å². The quantitative estimate of drug-likeness (QED) is 0.782. The lowest BCUT2D eigenvalue weighted by Gasteiger charge is -2.49. The van der Waals surface area contributed by atoms with Gasteiger partial charge in [-0.2, -0.15) is 0 Å². The van der Waals surface area contributed by atoms with E-state index >= 15 is 0 Å². The lowest BCUT2D eigenvalue weighted by Crippen LogP contribution is -2.58. The van der Waals surface area contributed by atoms with E-state index in [2.05, 4.69) is 52.1 Å². The van der Waals surface area contributed by atoms with Gasteiger partial charge in [-0.05, 0) is 37.5 Å². The highest BCUT2D eigenvalue weighted by Gasteiger charge is 2.50. The molecule has 2 nitrogen and oxygen atoms in total. The Morgan fingerprint density at radius 3 is 2.39 bits per heavy atom. The summed E-state index contributed by atoms with van der Waals surface area (Å²) in [7, 11) is 0. The monoisotopic (exact) mass is 408 g/mol. The molecule has 1 saturated carbocycles. The fourth-order valence-corrected chi connectivity index (χ4v) is 4.03. The number of halogens is 4. The smallest absolute Gasteiger partial charge is 0.248 e. The second kappa shape index (κ2) is 7.34. The predicted octanol–water partition coefficient (Wildman–Crippen LogP) is 4.64. The van der Waals surface area contributed by atoms with Gasteiger partial charge in [0.2, 0.25) is 5.92 Å². The molecule has 1 aromatic carbocycles. The predicted molar refractivity (Wildman–Crippen MR) is 95.4 cm³/mol. The van der Waals surface area contributed by atoms with E-state index in [4.69, 9.17) is 0 Å². The Morgan fingerprint density at radius 2 is 1.83 bits per heavy atom. The number of rotatable bonds is 3. The molecule has 3 atom stereocenters. The molecule has 23 heavy (non-hydrogen) atoms.